The molecule has 0 spiro atoms. The van der Waals surface area contributed by atoms with Gasteiger partial charge in [0.15, 0.2) is 11.7 Å². The second-order valence-corrected chi connectivity index (χ2v) is 3.98. The Morgan fingerprint density at radius 2 is 1.62 bits per heavy atom. The lowest BCUT2D eigenvalue weighted by atomic mass is 10.3. The first-order valence-corrected chi connectivity index (χ1v) is 5.75. The number of aromatic nitrogens is 2. The standard InChI is InChI=1S/C12H13N7O2/c13-6-4-8(21)10(17-5-6)12(15)19-18-11(14)9-7(20)2-1-3-16-9/h1-5,20-21H,13H2,(H2,14,18)(H2,15,19). The molecule has 8 N–H and O–H groups in total. The van der Waals surface area contributed by atoms with E-state index in [1.54, 1.807) is 6.07 Å². The maximum Gasteiger partial charge on any atom is 0.175 e. The Morgan fingerprint density at radius 3 is 2.19 bits per heavy atom. The van der Waals surface area contributed by atoms with Crippen molar-refractivity contribution in [2.45, 2.75) is 0 Å². The van der Waals surface area contributed by atoms with Crippen LogP contribution in [0.25, 0.3) is 0 Å². The molecular formula is C12H13N7O2. The Labute approximate surface area is 119 Å². The number of nitrogens with zero attached hydrogens (tertiary/aromatic N) is 4. The lowest BCUT2D eigenvalue weighted by Crippen LogP contribution is -2.18. The van der Waals surface area contributed by atoms with Crippen molar-refractivity contribution in [2.24, 2.45) is 21.7 Å². The van der Waals surface area contributed by atoms with E-state index in [4.69, 9.17) is 17.2 Å². The van der Waals surface area contributed by atoms with Crippen LogP contribution in [0.5, 0.6) is 11.5 Å². The predicted octanol–water partition coefficient (Wildman–Crippen LogP) is -0.504. The molecule has 0 amide bonds. The molecule has 0 atom stereocenters. The van der Waals surface area contributed by atoms with E-state index < -0.39 is 0 Å². The zero-order valence-electron chi connectivity index (χ0n) is 10.8. The molecular weight excluding hydrogens is 274 g/mol. The number of aromatic hydroxyl groups is 2. The van der Waals surface area contributed by atoms with Crippen LogP contribution in [0.4, 0.5) is 5.69 Å². The van der Waals surface area contributed by atoms with E-state index >= 15 is 0 Å². The second-order valence-electron chi connectivity index (χ2n) is 3.98. The van der Waals surface area contributed by atoms with Crippen molar-refractivity contribution in [1.82, 2.24) is 9.97 Å². The average Bonchev–Trinajstić information content (AvgIpc) is 2.45. The minimum atomic E-state index is -0.231. The van der Waals surface area contributed by atoms with Crippen LogP contribution in [0.2, 0.25) is 0 Å². The molecule has 2 aromatic rings. The van der Waals surface area contributed by atoms with Gasteiger partial charge in [-0.05, 0) is 12.1 Å². The SMILES string of the molecule is N/C(=N\N=C(/N)c1ncc(N)cc1O)c1ncccc1O. The maximum absolute atomic E-state index is 9.65. The highest BCUT2D eigenvalue weighted by Gasteiger charge is 2.09. The van der Waals surface area contributed by atoms with Crippen LogP contribution in [0, 0.1) is 0 Å². The van der Waals surface area contributed by atoms with Gasteiger partial charge in [0.2, 0.25) is 0 Å². The Morgan fingerprint density at radius 1 is 1.00 bits per heavy atom. The van der Waals surface area contributed by atoms with Gasteiger partial charge in [0, 0.05) is 12.3 Å². The lowest BCUT2D eigenvalue weighted by Gasteiger charge is -2.03. The van der Waals surface area contributed by atoms with Crippen LogP contribution in [0.3, 0.4) is 0 Å². The van der Waals surface area contributed by atoms with Crippen LogP contribution in [0.1, 0.15) is 11.4 Å². The van der Waals surface area contributed by atoms with Gasteiger partial charge >= 0.3 is 0 Å². The van der Waals surface area contributed by atoms with E-state index in [9.17, 15) is 10.2 Å². The highest BCUT2D eigenvalue weighted by molar-refractivity contribution is 6.01. The number of rotatable bonds is 3. The van der Waals surface area contributed by atoms with Crippen LogP contribution in [-0.2, 0) is 0 Å². The number of hydrogen-bond acceptors (Lipinski definition) is 7. The summed E-state index contributed by atoms with van der Waals surface area (Å²) >= 11 is 0. The second kappa shape index (κ2) is 5.74. The number of nitrogen functional groups attached to an aromatic ring is 1. The fraction of sp³-hybridized carbons (Fsp3) is 0. The van der Waals surface area contributed by atoms with Crippen LogP contribution >= 0.6 is 0 Å². The first-order chi connectivity index (χ1) is 9.99. The van der Waals surface area contributed by atoms with Crippen LogP contribution < -0.4 is 17.2 Å². The quantitative estimate of drug-likeness (QED) is 0.287. The Kier molecular flexibility index (Phi) is 3.84. The summed E-state index contributed by atoms with van der Waals surface area (Å²) < 4.78 is 0. The Bertz CT molecular complexity index is 727. The largest absolute Gasteiger partial charge is 0.506 e. The molecule has 0 aliphatic rings. The van der Waals surface area contributed by atoms with Gasteiger partial charge in [0.05, 0.1) is 11.9 Å². The molecule has 2 rings (SSSR count). The highest BCUT2D eigenvalue weighted by Crippen LogP contribution is 2.17. The Balaban J connectivity index is 2.31. The van der Waals surface area contributed by atoms with Gasteiger partial charge < -0.3 is 27.4 Å². The van der Waals surface area contributed by atoms with E-state index in [0.29, 0.717) is 0 Å². The molecule has 2 aromatic heterocycles. The molecule has 9 nitrogen and oxygen atoms in total. The van der Waals surface area contributed by atoms with Gasteiger partial charge in [-0.1, -0.05) is 0 Å². The maximum atomic E-state index is 9.65. The van der Waals surface area contributed by atoms with Crippen molar-refractivity contribution < 1.29 is 10.2 Å². The summed E-state index contributed by atoms with van der Waals surface area (Å²) in [5.41, 5.74) is 17.1. The Hall–Kier alpha value is -3.36. The lowest BCUT2D eigenvalue weighted by molar-refractivity contribution is 0.470. The number of anilines is 1. The molecule has 0 aliphatic carbocycles. The summed E-state index contributed by atoms with van der Waals surface area (Å²) in [5.74, 6) is -0.663. The third kappa shape index (κ3) is 3.15. The molecule has 0 unspecified atom stereocenters. The zero-order chi connectivity index (χ0) is 15.4. The highest BCUT2D eigenvalue weighted by atomic mass is 16.3. The minimum Gasteiger partial charge on any atom is -0.506 e. The molecule has 0 radical (unpaired) electrons. The first kappa shape index (κ1) is 14.1. The van der Waals surface area contributed by atoms with Gasteiger partial charge in [0.25, 0.3) is 0 Å². The van der Waals surface area contributed by atoms with Crippen molar-refractivity contribution in [2.75, 3.05) is 5.73 Å². The smallest absolute Gasteiger partial charge is 0.175 e. The summed E-state index contributed by atoms with van der Waals surface area (Å²) in [6.45, 7) is 0. The van der Waals surface area contributed by atoms with E-state index in [-0.39, 0.29) is 40.2 Å². The van der Waals surface area contributed by atoms with Crippen molar-refractivity contribution >= 4 is 17.4 Å². The number of nitrogens with two attached hydrogens (primary N) is 3. The van der Waals surface area contributed by atoms with Gasteiger partial charge in [-0.25, -0.2) is 9.97 Å². The molecule has 0 fully saturated rings. The third-order valence-electron chi connectivity index (χ3n) is 2.43. The molecule has 2 heterocycles. The van der Waals surface area contributed by atoms with Gasteiger partial charge in [0.1, 0.15) is 22.9 Å². The molecule has 0 saturated carbocycles. The summed E-state index contributed by atoms with van der Waals surface area (Å²) in [4.78, 5) is 7.70. The van der Waals surface area contributed by atoms with Crippen molar-refractivity contribution in [1.29, 1.82) is 0 Å². The third-order valence-corrected chi connectivity index (χ3v) is 2.43. The van der Waals surface area contributed by atoms with Gasteiger partial charge in [-0.15, -0.1) is 10.2 Å². The molecule has 0 aliphatic heterocycles. The van der Waals surface area contributed by atoms with E-state index in [0.717, 1.165) is 0 Å². The topological polar surface area (TPSA) is 169 Å². The van der Waals surface area contributed by atoms with Crippen LogP contribution in [-0.4, -0.2) is 31.9 Å². The van der Waals surface area contributed by atoms with E-state index in [1.807, 2.05) is 0 Å². The summed E-state index contributed by atoms with van der Waals surface area (Å²) in [6, 6.07) is 4.23. The van der Waals surface area contributed by atoms with Gasteiger partial charge in [-0.3, -0.25) is 0 Å². The van der Waals surface area contributed by atoms with Crippen molar-refractivity contribution in [3.05, 3.63) is 42.0 Å². The number of pyridine rings is 2. The normalized spacial score (nSPS) is 12.4. The number of hydrogen-bond donors (Lipinski definition) is 5. The molecule has 0 aromatic carbocycles. The molecule has 108 valence electrons. The monoisotopic (exact) mass is 287 g/mol. The van der Waals surface area contributed by atoms with Crippen molar-refractivity contribution in [3.8, 4) is 11.5 Å². The fourth-order valence-corrected chi connectivity index (χ4v) is 1.46. The summed E-state index contributed by atoms with van der Waals surface area (Å²) in [6.07, 6.45) is 2.76. The van der Waals surface area contributed by atoms with Gasteiger partial charge in [-0.2, -0.15) is 0 Å². The predicted molar refractivity (Wildman–Crippen MR) is 77.7 cm³/mol. The fourth-order valence-electron chi connectivity index (χ4n) is 1.46. The molecule has 9 heteroatoms. The first-order valence-electron chi connectivity index (χ1n) is 5.75. The number of amidine groups is 2. The van der Waals surface area contributed by atoms with Crippen LogP contribution in [0.15, 0.2) is 40.8 Å². The summed E-state index contributed by atoms with van der Waals surface area (Å²) in [5, 5.41) is 26.5. The average molecular weight is 287 g/mol. The minimum absolute atomic E-state index is 0.0194. The zero-order valence-corrected chi connectivity index (χ0v) is 10.8. The summed E-state index contributed by atoms with van der Waals surface area (Å²) in [7, 11) is 0. The molecule has 0 saturated heterocycles. The van der Waals surface area contributed by atoms with E-state index in [2.05, 4.69) is 20.2 Å². The molecule has 21 heavy (non-hydrogen) atoms. The van der Waals surface area contributed by atoms with Crippen molar-refractivity contribution in [3.63, 3.8) is 0 Å². The molecule has 0 bridgehead atoms. The van der Waals surface area contributed by atoms with E-state index in [1.165, 1.54) is 24.5 Å².